The second-order valence-corrected chi connectivity index (χ2v) is 2.36. The Balaban J connectivity index is 4.44. The number of nitrogens with one attached hydrogen (secondary N) is 1. The number of allylic oxidation sites excluding steroid dienone is 1. The lowest BCUT2D eigenvalue weighted by Gasteiger charge is -2.16. The zero-order valence-corrected chi connectivity index (χ0v) is 7.37. The molecule has 0 rings (SSSR count). The predicted molar refractivity (Wildman–Crippen MR) is 41.5 cm³/mol. The molecule has 12 heavy (non-hydrogen) atoms. The summed E-state index contributed by atoms with van der Waals surface area (Å²) < 4.78 is 36.2. The number of rotatable bonds is 3. The van der Waals surface area contributed by atoms with Crippen molar-refractivity contribution in [1.82, 2.24) is 10.2 Å². The smallest absolute Gasteiger partial charge is 0.383 e. The normalized spacial score (nSPS) is 13.0. The SMILES string of the molecule is CCN(C)/C=C(\NC)C(F)(F)F. The molecule has 0 aliphatic heterocycles. The monoisotopic (exact) mass is 182 g/mol. The molecule has 0 saturated carbocycles. The summed E-state index contributed by atoms with van der Waals surface area (Å²) in [7, 11) is 2.84. The fourth-order valence-corrected chi connectivity index (χ4v) is 0.591. The van der Waals surface area contributed by atoms with Crippen molar-refractivity contribution in [3.8, 4) is 0 Å². The third kappa shape index (κ3) is 3.50. The van der Waals surface area contributed by atoms with Crippen LogP contribution >= 0.6 is 0 Å². The first kappa shape index (κ1) is 11.1. The van der Waals surface area contributed by atoms with E-state index in [0.717, 1.165) is 6.20 Å². The van der Waals surface area contributed by atoms with Crippen molar-refractivity contribution in [1.29, 1.82) is 0 Å². The first-order chi connectivity index (χ1) is 5.41. The van der Waals surface area contributed by atoms with Gasteiger partial charge in [-0.25, -0.2) is 0 Å². The zero-order chi connectivity index (χ0) is 9.78. The van der Waals surface area contributed by atoms with Crippen molar-refractivity contribution in [2.75, 3.05) is 20.6 Å². The summed E-state index contributed by atoms with van der Waals surface area (Å²) in [5.74, 6) is 0. The topological polar surface area (TPSA) is 15.3 Å². The van der Waals surface area contributed by atoms with E-state index in [0.29, 0.717) is 6.54 Å². The quantitative estimate of drug-likeness (QED) is 0.712. The molecule has 0 aliphatic rings. The summed E-state index contributed by atoms with van der Waals surface area (Å²) in [6.07, 6.45) is -3.25. The van der Waals surface area contributed by atoms with Gasteiger partial charge in [0.2, 0.25) is 0 Å². The average molecular weight is 182 g/mol. The molecule has 0 aliphatic carbocycles. The van der Waals surface area contributed by atoms with Crippen LogP contribution in [0.2, 0.25) is 0 Å². The second-order valence-electron chi connectivity index (χ2n) is 2.36. The van der Waals surface area contributed by atoms with E-state index in [-0.39, 0.29) is 0 Å². The first-order valence-electron chi connectivity index (χ1n) is 3.58. The van der Waals surface area contributed by atoms with Crippen molar-refractivity contribution < 1.29 is 13.2 Å². The summed E-state index contributed by atoms with van der Waals surface area (Å²) in [6, 6.07) is 0. The Bertz CT molecular complexity index is 163. The number of hydrogen-bond donors (Lipinski definition) is 1. The molecule has 5 heteroatoms. The molecule has 0 atom stereocenters. The van der Waals surface area contributed by atoms with E-state index in [1.165, 1.54) is 11.9 Å². The van der Waals surface area contributed by atoms with Gasteiger partial charge in [0.05, 0.1) is 0 Å². The molecular formula is C7H13F3N2. The average Bonchev–Trinajstić information content (AvgIpc) is 1.97. The van der Waals surface area contributed by atoms with Crippen LogP contribution in [0.5, 0.6) is 0 Å². The van der Waals surface area contributed by atoms with E-state index in [9.17, 15) is 13.2 Å². The van der Waals surface area contributed by atoms with E-state index in [2.05, 4.69) is 5.32 Å². The van der Waals surface area contributed by atoms with E-state index in [4.69, 9.17) is 0 Å². The fraction of sp³-hybridized carbons (Fsp3) is 0.714. The third-order valence-corrected chi connectivity index (χ3v) is 1.42. The van der Waals surface area contributed by atoms with Gasteiger partial charge in [-0.05, 0) is 6.92 Å². The Morgan fingerprint density at radius 3 is 2.25 bits per heavy atom. The minimum Gasteiger partial charge on any atom is -0.383 e. The van der Waals surface area contributed by atoms with Crippen LogP contribution in [0, 0.1) is 0 Å². The van der Waals surface area contributed by atoms with Gasteiger partial charge >= 0.3 is 6.18 Å². The molecule has 0 amide bonds. The summed E-state index contributed by atoms with van der Waals surface area (Å²) in [5.41, 5.74) is -0.730. The molecule has 0 unspecified atom stereocenters. The fourth-order valence-electron chi connectivity index (χ4n) is 0.591. The van der Waals surface area contributed by atoms with Crippen LogP contribution in [0.15, 0.2) is 11.9 Å². The largest absolute Gasteiger partial charge is 0.432 e. The summed E-state index contributed by atoms with van der Waals surface area (Å²) >= 11 is 0. The van der Waals surface area contributed by atoms with Gasteiger partial charge in [0.15, 0.2) is 0 Å². The van der Waals surface area contributed by atoms with E-state index in [1.54, 1.807) is 14.0 Å². The number of hydrogen-bond acceptors (Lipinski definition) is 2. The van der Waals surface area contributed by atoms with Crippen molar-refractivity contribution in [2.45, 2.75) is 13.1 Å². The molecule has 1 N–H and O–H groups in total. The van der Waals surface area contributed by atoms with E-state index < -0.39 is 11.9 Å². The number of nitrogens with zero attached hydrogens (tertiary/aromatic N) is 1. The third-order valence-electron chi connectivity index (χ3n) is 1.42. The summed E-state index contributed by atoms with van der Waals surface area (Å²) in [5, 5.41) is 2.10. The molecular weight excluding hydrogens is 169 g/mol. The molecule has 72 valence electrons. The molecule has 0 fully saturated rings. The molecule has 2 nitrogen and oxygen atoms in total. The Morgan fingerprint density at radius 2 is 2.00 bits per heavy atom. The van der Waals surface area contributed by atoms with E-state index >= 15 is 0 Å². The van der Waals surface area contributed by atoms with Gasteiger partial charge in [-0.2, -0.15) is 13.2 Å². The highest BCUT2D eigenvalue weighted by atomic mass is 19.4. The van der Waals surface area contributed by atoms with Gasteiger partial charge in [-0.1, -0.05) is 0 Å². The highest BCUT2D eigenvalue weighted by molar-refractivity contribution is 5.04. The zero-order valence-electron chi connectivity index (χ0n) is 7.37. The minimum absolute atomic E-state index is 0.543. The van der Waals surface area contributed by atoms with Gasteiger partial charge in [0.1, 0.15) is 5.70 Å². The van der Waals surface area contributed by atoms with Crippen LogP contribution < -0.4 is 5.32 Å². The van der Waals surface area contributed by atoms with E-state index in [1.807, 2.05) is 0 Å². The maximum absolute atomic E-state index is 12.1. The molecule has 0 aromatic heterocycles. The van der Waals surface area contributed by atoms with Crippen LogP contribution in [0.1, 0.15) is 6.92 Å². The minimum atomic E-state index is -4.29. The molecule has 0 saturated heterocycles. The highest BCUT2D eigenvalue weighted by Gasteiger charge is 2.33. The molecule has 0 aromatic rings. The Hall–Kier alpha value is -0.870. The van der Waals surface area contributed by atoms with Crippen LogP contribution in [0.3, 0.4) is 0 Å². The Kier molecular flexibility index (Phi) is 3.92. The summed E-state index contributed by atoms with van der Waals surface area (Å²) in [6.45, 7) is 2.32. The van der Waals surface area contributed by atoms with Crippen LogP contribution in [-0.4, -0.2) is 31.7 Å². The van der Waals surface area contributed by atoms with Gasteiger partial charge in [0.25, 0.3) is 0 Å². The molecule has 0 spiro atoms. The lowest BCUT2D eigenvalue weighted by molar-refractivity contribution is -0.0970. The maximum atomic E-state index is 12.1. The molecule has 0 bridgehead atoms. The second kappa shape index (κ2) is 4.23. The Morgan fingerprint density at radius 1 is 1.50 bits per heavy atom. The lowest BCUT2D eigenvalue weighted by Crippen LogP contribution is -2.26. The van der Waals surface area contributed by atoms with Crippen molar-refractivity contribution in [2.24, 2.45) is 0 Å². The standard InChI is InChI=1S/C7H13F3N2/c1-4-12(3)5-6(11-2)7(8,9)10/h5,11H,4H2,1-3H3/b6-5-. The van der Waals surface area contributed by atoms with Crippen LogP contribution in [0.4, 0.5) is 13.2 Å². The predicted octanol–water partition coefficient (Wildman–Crippen LogP) is 1.56. The first-order valence-corrected chi connectivity index (χ1v) is 3.58. The number of halogens is 3. The van der Waals surface area contributed by atoms with Crippen molar-refractivity contribution in [3.63, 3.8) is 0 Å². The van der Waals surface area contributed by atoms with Gasteiger partial charge in [0, 0.05) is 26.8 Å². The van der Waals surface area contributed by atoms with Gasteiger partial charge < -0.3 is 10.2 Å². The van der Waals surface area contributed by atoms with Gasteiger partial charge in [-0.15, -0.1) is 0 Å². The van der Waals surface area contributed by atoms with Crippen LogP contribution in [-0.2, 0) is 0 Å². The highest BCUT2D eigenvalue weighted by Crippen LogP contribution is 2.22. The molecule has 0 radical (unpaired) electrons. The maximum Gasteiger partial charge on any atom is 0.432 e. The van der Waals surface area contributed by atoms with Crippen molar-refractivity contribution >= 4 is 0 Å². The number of alkyl halides is 3. The van der Waals surface area contributed by atoms with Crippen LogP contribution in [0.25, 0.3) is 0 Å². The summed E-state index contributed by atoms with van der Waals surface area (Å²) in [4.78, 5) is 1.46. The van der Waals surface area contributed by atoms with Crippen molar-refractivity contribution in [3.05, 3.63) is 11.9 Å². The lowest BCUT2D eigenvalue weighted by atomic mass is 10.4. The Labute approximate surface area is 70.0 Å². The molecule has 0 heterocycles. The molecule has 0 aromatic carbocycles. The van der Waals surface area contributed by atoms with Gasteiger partial charge in [-0.3, -0.25) is 0 Å².